The molecular formula is C19H26N4O. The van der Waals surface area contributed by atoms with E-state index in [9.17, 15) is 4.79 Å². The predicted molar refractivity (Wildman–Crippen MR) is 96.5 cm³/mol. The van der Waals surface area contributed by atoms with E-state index in [0.717, 1.165) is 11.1 Å². The summed E-state index contributed by atoms with van der Waals surface area (Å²) < 4.78 is 0. The third-order valence-corrected chi connectivity index (χ3v) is 3.86. The van der Waals surface area contributed by atoms with Gasteiger partial charge in [-0.2, -0.15) is 0 Å². The Morgan fingerprint density at radius 2 is 1.29 bits per heavy atom. The molecule has 0 aromatic heterocycles. The molecule has 0 aliphatic carbocycles. The normalized spacial score (nSPS) is 10.7. The second-order valence-corrected chi connectivity index (χ2v) is 5.58. The van der Waals surface area contributed by atoms with Gasteiger partial charge in [-0.05, 0) is 25.0 Å². The summed E-state index contributed by atoms with van der Waals surface area (Å²) in [5.41, 5.74) is 2.31. The first-order valence-corrected chi connectivity index (χ1v) is 8.32. The number of nitrogens with two attached hydrogens (primary N) is 1. The molecule has 0 bridgehead atoms. The number of nitrogens with zero attached hydrogens (tertiary/aromatic N) is 3. The van der Waals surface area contributed by atoms with Crippen molar-refractivity contribution in [1.82, 2.24) is 15.0 Å². The standard InChI is InChI=1S/C19H26N4O/c1-3-22(20)19(24)23(4-2)21(15-17-11-7-5-8-12-17)16-18-13-9-6-10-14-18/h5-14H,3-4,15-16,20H2,1-2H3. The summed E-state index contributed by atoms with van der Waals surface area (Å²) in [5, 5.41) is 5.00. The minimum absolute atomic E-state index is 0.188. The molecule has 128 valence electrons. The first kappa shape index (κ1) is 18.0. The summed E-state index contributed by atoms with van der Waals surface area (Å²) in [6.45, 7) is 6.15. The molecule has 24 heavy (non-hydrogen) atoms. The van der Waals surface area contributed by atoms with Gasteiger partial charge in [-0.1, -0.05) is 60.7 Å². The SMILES string of the molecule is CCN(N)C(=O)N(CC)N(Cc1ccccc1)Cc1ccccc1. The highest BCUT2D eigenvalue weighted by molar-refractivity contribution is 5.73. The average Bonchev–Trinajstić information content (AvgIpc) is 2.63. The Bertz CT molecular complexity index is 576. The molecule has 0 unspecified atom stereocenters. The van der Waals surface area contributed by atoms with Crippen LogP contribution in [0.4, 0.5) is 4.79 Å². The van der Waals surface area contributed by atoms with Crippen molar-refractivity contribution in [2.24, 2.45) is 5.84 Å². The van der Waals surface area contributed by atoms with Crippen LogP contribution in [0.1, 0.15) is 25.0 Å². The van der Waals surface area contributed by atoms with E-state index < -0.39 is 0 Å². The number of rotatable bonds is 7. The minimum Gasteiger partial charge on any atom is -0.261 e. The fourth-order valence-corrected chi connectivity index (χ4v) is 2.55. The topological polar surface area (TPSA) is 52.8 Å². The van der Waals surface area contributed by atoms with Crippen LogP contribution in [-0.2, 0) is 13.1 Å². The second kappa shape index (κ2) is 9.05. The van der Waals surface area contributed by atoms with Gasteiger partial charge in [-0.3, -0.25) is 10.0 Å². The van der Waals surface area contributed by atoms with E-state index in [4.69, 9.17) is 5.84 Å². The number of hydrogen-bond acceptors (Lipinski definition) is 3. The van der Waals surface area contributed by atoms with Crippen LogP contribution in [0.3, 0.4) is 0 Å². The lowest BCUT2D eigenvalue weighted by Crippen LogP contribution is -2.53. The zero-order valence-electron chi connectivity index (χ0n) is 14.4. The highest BCUT2D eigenvalue weighted by Crippen LogP contribution is 2.14. The molecular weight excluding hydrogens is 300 g/mol. The smallest absolute Gasteiger partial charge is 0.261 e. The predicted octanol–water partition coefficient (Wildman–Crippen LogP) is 3.24. The first-order valence-electron chi connectivity index (χ1n) is 8.32. The van der Waals surface area contributed by atoms with E-state index in [0.29, 0.717) is 26.2 Å². The molecule has 0 aliphatic rings. The maximum atomic E-state index is 12.6. The Labute approximate surface area is 144 Å². The lowest BCUT2D eigenvalue weighted by atomic mass is 10.2. The molecule has 0 fully saturated rings. The molecule has 0 spiro atoms. The van der Waals surface area contributed by atoms with Gasteiger partial charge in [0.05, 0.1) is 0 Å². The fourth-order valence-electron chi connectivity index (χ4n) is 2.55. The Morgan fingerprint density at radius 3 is 1.67 bits per heavy atom. The second-order valence-electron chi connectivity index (χ2n) is 5.58. The summed E-state index contributed by atoms with van der Waals surface area (Å²) in [7, 11) is 0. The van der Waals surface area contributed by atoms with Crippen LogP contribution in [0.25, 0.3) is 0 Å². The maximum Gasteiger partial charge on any atom is 0.348 e. The number of carbonyl (C=O) groups is 1. The van der Waals surface area contributed by atoms with Gasteiger partial charge in [0.1, 0.15) is 0 Å². The molecule has 2 rings (SSSR count). The number of carbonyl (C=O) groups excluding carboxylic acids is 1. The third-order valence-electron chi connectivity index (χ3n) is 3.86. The number of hydrogen-bond donors (Lipinski definition) is 1. The van der Waals surface area contributed by atoms with Crippen molar-refractivity contribution in [3.63, 3.8) is 0 Å². The first-order chi connectivity index (χ1) is 11.7. The number of hydrazine groups is 2. The van der Waals surface area contributed by atoms with Crippen LogP contribution in [0.2, 0.25) is 0 Å². The molecule has 0 saturated heterocycles. The van der Waals surface area contributed by atoms with Crippen molar-refractivity contribution in [2.75, 3.05) is 13.1 Å². The molecule has 5 nitrogen and oxygen atoms in total. The van der Waals surface area contributed by atoms with Gasteiger partial charge in [0, 0.05) is 26.2 Å². The van der Waals surface area contributed by atoms with Gasteiger partial charge in [-0.15, -0.1) is 0 Å². The lowest BCUT2D eigenvalue weighted by molar-refractivity contribution is -0.0125. The van der Waals surface area contributed by atoms with Crippen molar-refractivity contribution < 1.29 is 4.79 Å². The molecule has 0 atom stereocenters. The number of urea groups is 1. The molecule has 0 saturated carbocycles. The van der Waals surface area contributed by atoms with Crippen molar-refractivity contribution >= 4 is 6.03 Å². The van der Waals surface area contributed by atoms with E-state index >= 15 is 0 Å². The van der Waals surface area contributed by atoms with Crippen LogP contribution < -0.4 is 5.84 Å². The van der Waals surface area contributed by atoms with Gasteiger partial charge in [-0.25, -0.2) is 15.6 Å². The van der Waals surface area contributed by atoms with Crippen LogP contribution in [0, 0.1) is 0 Å². The van der Waals surface area contributed by atoms with Crippen LogP contribution >= 0.6 is 0 Å². The quantitative estimate of drug-likeness (QED) is 0.483. The van der Waals surface area contributed by atoms with Gasteiger partial charge >= 0.3 is 6.03 Å². The van der Waals surface area contributed by atoms with Crippen molar-refractivity contribution in [1.29, 1.82) is 0 Å². The summed E-state index contributed by atoms with van der Waals surface area (Å²) in [4.78, 5) is 12.6. The van der Waals surface area contributed by atoms with Gasteiger partial charge in [0.15, 0.2) is 0 Å². The summed E-state index contributed by atoms with van der Waals surface area (Å²) in [6.07, 6.45) is 0. The zero-order chi connectivity index (χ0) is 17.4. The molecule has 0 radical (unpaired) electrons. The highest BCUT2D eigenvalue weighted by atomic mass is 16.2. The summed E-state index contributed by atoms with van der Waals surface area (Å²) in [5.74, 6) is 5.83. The Morgan fingerprint density at radius 1 is 0.833 bits per heavy atom. The Kier molecular flexibility index (Phi) is 6.78. The van der Waals surface area contributed by atoms with Crippen LogP contribution in [0.15, 0.2) is 60.7 Å². The minimum atomic E-state index is -0.188. The van der Waals surface area contributed by atoms with E-state index in [2.05, 4.69) is 24.3 Å². The Hall–Kier alpha value is -2.37. The molecule has 0 aliphatic heterocycles. The summed E-state index contributed by atoms with van der Waals surface area (Å²) in [6, 6.07) is 20.1. The van der Waals surface area contributed by atoms with Crippen LogP contribution in [0.5, 0.6) is 0 Å². The molecule has 2 amide bonds. The van der Waals surface area contributed by atoms with Crippen molar-refractivity contribution in [2.45, 2.75) is 26.9 Å². The summed E-state index contributed by atoms with van der Waals surface area (Å²) >= 11 is 0. The van der Waals surface area contributed by atoms with Crippen LogP contribution in [-0.4, -0.2) is 34.1 Å². The maximum absolute atomic E-state index is 12.6. The molecule has 2 aromatic rings. The average molecular weight is 326 g/mol. The molecule has 2 N–H and O–H groups in total. The van der Waals surface area contributed by atoms with E-state index in [1.165, 1.54) is 5.01 Å². The fraction of sp³-hybridized carbons (Fsp3) is 0.316. The van der Waals surface area contributed by atoms with Crippen molar-refractivity contribution in [3.8, 4) is 0 Å². The highest BCUT2D eigenvalue weighted by Gasteiger charge is 2.23. The third kappa shape index (κ3) is 4.81. The lowest BCUT2D eigenvalue weighted by Gasteiger charge is -2.36. The van der Waals surface area contributed by atoms with E-state index in [1.807, 2.05) is 55.3 Å². The largest absolute Gasteiger partial charge is 0.348 e. The molecule has 2 aromatic carbocycles. The molecule has 0 heterocycles. The monoisotopic (exact) mass is 326 g/mol. The van der Waals surface area contributed by atoms with Gasteiger partial charge < -0.3 is 0 Å². The van der Waals surface area contributed by atoms with E-state index in [1.54, 1.807) is 5.01 Å². The van der Waals surface area contributed by atoms with Crippen molar-refractivity contribution in [3.05, 3.63) is 71.8 Å². The number of benzene rings is 2. The Balaban J connectivity index is 2.24. The van der Waals surface area contributed by atoms with Gasteiger partial charge in [0.2, 0.25) is 0 Å². The van der Waals surface area contributed by atoms with E-state index in [-0.39, 0.29) is 6.03 Å². The zero-order valence-corrected chi connectivity index (χ0v) is 14.4. The number of amides is 2. The molecule has 5 heteroatoms. The van der Waals surface area contributed by atoms with Gasteiger partial charge in [0.25, 0.3) is 0 Å².